The van der Waals surface area contributed by atoms with Crippen LogP contribution in [0.3, 0.4) is 0 Å². The van der Waals surface area contributed by atoms with Crippen LogP contribution in [-0.2, 0) is 10.8 Å². The van der Waals surface area contributed by atoms with E-state index in [0.717, 1.165) is 15.4 Å². The Morgan fingerprint density at radius 1 is 0.893 bits per heavy atom. The Labute approximate surface area is 180 Å². The lowest BCUT2D eigenvalue weighted by Gasteiger charge is -2.30. The van der Waals surface area contributed by atoms with Crippen molar-refractivity contribution in [2.24, 2.45) is 0 Å². The first-order valence-corrected chi connectivity index (χ1v) is 10.9. The summed E-state index contributed by atoms with van der Waals surface area (Å²) in [6.07, 6.45) is 0. The van der Waals surface area contributed by atoms with Crippen LogP contribution in [0.15, 0.2) is 42.5 Å². The van der Waals surface area contributed by atoms with Crippen LogP contribution in [0.2, 0.25) is 0 Å². The van der Waals surface area contributed by atoms with Gasteiger partial charge in [-0.05, 0) is 33.1 Å². The van der Waals surface area contributed by atoms with Crippen molar-refractivity contribution in [3.8, 4) is 5.75 Å². The van der Waals surface area contributed by atoms with E-state index in [0.29, 0.717) is 5.75 Å². The summed E-state index contributed by atoms with van der Waals surface area (Å²) < 4.78 is 0.844. The van der Waals surface area contributed by atoms with Crippen LogP contribution in [0.4, 0.5) is 0 Å². The first-order chi connectivity index (χ1) is 12.8. The van der Waals surface area contributed by atoms with Crippen LogP contribution in [0.1, 0.15) is 69.0 Å². The van der Waals surface area contributed by atoms with Crippen LogP contribution < -0.4 is 0 Å². The van der Waals surface area contributed by atoms with E-state index in [4.69, 9.17) is 12.2 Å². The molecule has 152 valence electrons. The van der Waals surface area contributed by atoms with E-state index in [1.54, 1.807) is 11.8 Å². The number of hydrogen-bond acceptors (Lipinski definition) is 3. The number of phenolic OH excluding ortho intramolecular Hbond substituents is 1. The Bertz CT molecular complexity index is 795. The third-order valence-electron chi connectivity index (χ3n) is 4.74. The van der Waals surface area contributed by atoms with Gasteiger partial charge in [0, 0.05) is 14.1 Å². The lowest BCUT2D eigenvalue weighted by Crippen LogP contribution is -2.20. The van der Waals surface area contributed by atoms with Gasteiger partial charge in [-0.25, -0.2) is 0 Å². The van der Waals surface area contributed by atoms with Gasteiger partial charge in [-0.15, -0.1) is 0 Å². The van der Waals surface area contributed by atoms with Gasteiger partial charge >= 0.3 is 0 Å². The maximum Gasteiger partial charge on any atom is 0.136 e. The maximum absolute atomic E-state index is 11.1. The Morgan fingerprint density at radius 2 is 1.36 bits per heavy atom. The Hall–Kier alpha value is -1.52. The number of aromatic hydroxyl groups is 1. The van der Waals surface area contributed by atoms with Crippen molar-refractivity contribution in [2.45, 2.75) is 57.6 Å². The first kappa shape index (κ1) is 22.8. The van der Waals surface area contributed by atoms with Crippen molar-refractivity contribution in [3.05, 3.63) is 64.7 Å². The molecule has 0 fully saturated rings. The van der Waals surface area contributed by atoms with E-state index in [1.165, 1.54) is 11.1 Å². The van der Waals surface area contributed by atoms with Gasteiger partial charge in [-0.1, -0.05) is 108 Å². The Balaban J connectivity index is 2.73. The van der Waals surface area contributed by atoms with Crippen molar-refractivity contribution in [1.82, 2.24) is 4.90 Å². The standard InChI is InChI=1S/C24H33NOS2/c1-23(2,3)18-14-17(15-19(20(18)26)24(4,5)6)21(28-22(27)25(7)8)16-12-10-9-11-13-16/h9-15,21,26H,1-8H3. The fourth-order valence-electron chi connectivity index (χ4n) is 3.11. The molecule has 2 rings (SSSR count). The van der Waals surface area contributed by atoms with Crippen molar-refractivity contribution >= 4 is 28.3 Å². The normalized spacial score (nSPS) is 13.3. The summed E-state index contributed by atoms with van der Waals surface area (Å²) >= 11 is 7.31. The molecule has 1 N–H and O–H groups in total. The molecule has 0 saturated carbocycles. The van der Waals surface area contributed by atoms with Gasteiger partial charge in [0.15, 0.2) is 0 Å². The average Bonchev–Trinajstić information content (AvgIpc) is 2.58. The molecule has 0 aliphatic rings. The van der Waals surface area contributed by atoms with Crippen LogP contribution in [0.5, 0.6) is 5.75 Å². The molecule has 28 heavy (non-hydrogen) atoms. The molecule has 0 aromatic heterocycles. The van der Waals surface area contributed by atoms with Crippen LogP contribution in [0, 0.1) is 0 Å². The van der Waals surface area contributed by atoms with Gasteiger partial charge in [-0.2, -0.15) is 0 Å². The van der Waals surface area contributed by atoms with Gasteiger partial charge in [0.05, 0.1) is 5.25 Å². The molecule has 4 heteroatoms. The van der Waals surface area contributed by atoms with Crippen LogP contribution in [-0.4, -0.2) is 28.4 Å². The molecule has 2 aromatic carbocycles. The molecule has 1 unspecified atom stereocenters. The van der Waals surface area contributed by atoms with E-state index in [1.807, 2.05) is 25.1 Å². The molecular formula is C24H33NOS2. The average molecular weight is 416 g/mol. The number of thiocarbonyl (C=S) groups is 1. The van der Waals surface area contributed by atoms with Gasteiger partial charge in [0.2, 0.25) is 0 Å². The molecule has 0 aliphatic carbocycles. The number of nitrogens with zero attached hydrogens (tertiary/aromatic N) is 1. The molecule has 2 aromatic rings. The minimum Gasteiger partial charge on any atom is -0.507 e. The topological polar surface area (TPSA) is 23.5 Å². The highest BCUT2D eigenvalue weighted by atomic mass is 32.2. The lowest BCUT2D eigenvalue weighted by atomic mass is 9.78. The molecule has 1 atom stereocenters. The van der Waals surface area contributed by atoms with Crippen molar-refractivity contribution in [1.29, 1.82) is 0 Å². The van der Waals surface area contributed by atoms with Gasteiger partial charge in [0.1, 0.15) is 10.1 Å². The highest BCUT2D eigenvalue weighted by Gasteiger charge is 2.29. The molecule has 0 amide bonds. The Kier molecular flexibility index (Phi) is 6.88. The van der Waals surface area contributed by atoms with Gasteiger partial charge < -0.3 is 10.0 Å². The van der Waals surface area contributed by atoms with E-state index in [-0.39, 0.29) is 16.1 Å². The summed E-state index contributed by atoms with van der Waals surface area (Å²) in [5, 5.41) is 11.1. The highest BCUT2D eigenvalue weighted by molar-refractivity contribution is 8.23. The molecular weight excluding hydrogens is 382 g/mol. The highest BCUT2D eigenvalue weighted by Crippen LogP contribution is 2.45. The van der Waals surface area contributed by atoms with E-state index in [2.05, 4.69) is 77.9 Å². The first-order valence-electron chi connectivity index (χ1n) is 9.63. The van der Waals surface area contributed by atoms with Gasteiger partial charge in [-0.3, -0.25) is 0 Å². The summed E-state index contributed by atoms with van der Waals surface area (Å²) in [5.74, 6) is 0.413. The third-order valence-corrected chi connectivity index (χ3v) is 6.74. The largest absolute Gasteiger partial charge is 0.507 e. The van der Waals surface area contributed by atoms with Crippen molar-refractivity contribution in [3.63, 3.8) is 0 Å². The second-order valence-electron chi connectivity index (χ2n) is 9.53. The molecule has 0 spiro atoms. The fraction of sp³-hybridized carbons (Fsp3) is 0.458. The summed E-state index contributed by atoms with van der Waals surface area (Å²) in [4.78, 5) is 1.98. The number of phenols is 1. The summed E-state index contributed by atoms with van der Waals surface area (Å²) in [7, 11) is 3.96. The smallest absolute Gasteiger partial charge is 0.136 e. The Morgan fingerprint density at radius 3 is 1.75 bits per heavy atom. The monoisotopic (exact) mass is 415 g/mol. The van der Waals surface area contributed by atoms with Crippen LogP contribution >= 0.6 is 24.0 Å². The molecule has 0 saturated heterocycles. The van der Waals surface area contributed by atoms with E-state index in [9.17, 15) is 5.11 Å². The summed E-state index contributed by atoms with van der Waals surface area (Å²) in [6, 6.07) is 14.8. The quantitative estimate of drug-likeness (QED) is 0.566. The molecule has 0 bridgehead atoms. The van der Waals surface area contributed by atoms with E-state index < -0.39 is 0 Å². The van der Waals surface area contributed by atoms with E-state index >= 15 is 0 Å². The zero-order valence-electron chi connectivity index (χ0n) is 18.3. The minimum absolute atomic E-state index is 0.0684. The zero-order valence-corrected chi connectivity index (χ0v) is 20.0. The number of thioether (sulfide) groups is 1. The summed E-state index contributed by atoms with van der Waals surface area (Å²) in [5.41, 5.74) is 4.02. The molecule has 0 heterocycles. The number of rotatable bonds is 3. The fourth-order valence-corrected chi connectivity index (χ4v) is 4.38. The lowest BCUT2D eigenvalue weighted by molar-refractivity contribution is 0.423. The predicted molar refractivity (Wildman–Crippen MR) is 128 cm³/mol. The SMILES string of the molecule is CN(C)C(=S)SC(c1ccccc1)c1cc(C(C)(C)C)c(O)c(C(C)(C)C)c1. The third kappa shape index (κ3) is 5.30. The second-order valence-corrected chi connectivity index (χ2v) is 11.3. The predicted octanol–water partition coefficient (Wildman–Crippen LogP) is 6.66. The molecule has 2 nitrogen and oxygen atoms in total. The summed E-state index contributed by atoms with van der Waals surface area (Å²) in [6.45, 7) is 12.9. The minimum atomic E-state index is -0.159. The maximum atomic E-state index is 11.1. The number of hydrogen-bond donors (Lipinski definition) is 1. The van der Waals surface area contributed by atoms with Gasteiger partial charge in [0.25, 0.3) is 0 Å². The van der Waals surface area contributed by atoms with Crippen molar-refractivity contribution < 1.29 is 5.11 Å². The van der Waals surface area contributed by atoms with Crippen molar-refractivity contribution in [2.75, 3.05) is 14.1 Å². The number of benzene rings is 2. The molecule has 0 radical (unpaired) electrons. The van der Waals surface area contributed by atoms with Crippen LogP contribution in [0.25, 0.3) is 0 Å². The second kappa shape index (κ2) is 8.46. The zero-order chi connectivity index (χ0) is 21.3. The molecule has 0 aliphatic heterocycles.